The first kappa shape index (κ1) is 17.7. The van der Waals surface area contributed by atoms with Crippen molar-refractivity contribution >= 4 is 11.8 Å². The number of hydrogen-bond donors (Lipinski definition) is 1. The van der Waals surface area contributed by atoms with E-state index in [-0.39, 0.29) is 12.1 Å². The lowest BCUT2D eigenvalue weighted by Gasteiger charge is -2.35. The van der Waals surface area contributed by atoms with Crippen LogP contribution in [0.1, 0.15) is 29.8 Å². The van der Waals surface area contributed by atoms with Gasteiger partial charge in [0.1, 0.15) is 11.9 Å². The summed E-state index contributed by atoms with van der Waals surface area (Å²) >= 11 is 0. The second-order valence-corrected chi connectivity index (χ2v) is 6.51. The maximum atomic E-state index is 12.5. The van der Waals surface area contributed by atoms with Crippen molar-refractivity contribution in [1.29, 1.82) is 5.26 Å². The van der Waals surface area contributed by atoms with E-state index in [1.54, 1.807) is 16.9 Å². The third-order valence-corrected chi connectivity index (χ3v) is 4.63. The maximum Gasteiger partial charge on any atom is 0.317 e. The molecule has 0 aliphatic carbocycles. The lowest BCUT2D eigenvalue weighted by atomic mass is 10.1. The molecule has 8 heteroatoms. The van der Waals surface area contributed by atoms with Gasteiger partial charge in [-0.05, 0) is 26.0 Å². The summed E-state index contributed by atoms with van der Waals surface area (Å²) in [6, 6.07) is 5.53. The Bertz CT molecular complexity index is 813. The Hall–Kier alpha value is -3.08. The molecule has 1 fully saturated rings. The monoisotopic (exact) mass is 353 g/mol. The molecule has 1 N–H and O–H groups in total. The van der Waals surface area contributed by atoms with Crippen LogP contribution in [0.4, 0.5) is 10.6 Å². The summed E-state index contributed by atoms with van der Waals surface area (Å²) in [5.74, 6) is 0.836. The molecule has 8 nitrogen and oxygen atoms in total. The molecule has 1 unspecified atom stereocenters. The molecule has 136 valence electrons. The number of anilines is 1. The summed E-state index contributed by atoms with van der Waals surface area (Å²) in [6.07, 6.45) is 3.51. The highest BCUT2D eigenvalue weighted by Crippen LogP contribution is 2.17. The van der Waals surface area contributed by atoms with Crippen molar-refractivity contribution in [3.63, 3.8) is 0 Å². The van der Waals surface area contributed by atoms with Crippen LogP contribution in [-0.4, -0.2) is 51.9 Å². The van der Waals surface area contributed by atoms with Crippen molar-refractivity contribution in [2.24, 2.45) is 7.05 Å². The second-order valence-electron chi connectivity index (χ2n) is 6.51. The molecule has 2 aromatic rings. The third-order valence-electron chi connectivity index (χ3n) is 4.63. The van der Waals surface area contributed by atoms with Gasteiger partial charge in [-0.3, -0.25) is 4.68 Å². The molecule has 1 atom stereocenters. The van der Waals surface area contributed by atoms with E-state index in [0.29, 0.717) is 31.7 Å². The average Bonchev–Trinajstić information content (AvgIpc) is 3.00. The van der Waals surface area contributed by atoms with E-state index in [4.69, 9.17) is 5.26 Å². The molecular weight excluding hydrogens is 330 g/mol. The lowest BCUT2D eigenvalue weighted by molar-refractivity contribution is 0.191. The molecule has 0 saturated carbocycles. The van der Waals surface area contributed by atoms with Gasteiger partial charge < -0.3 is 15.1 Å². The number of piperazine rings is 1. The maximum absolute atomic E-state index is 12.5. The molecular formula is C18H23N7O. The number of aromatic nitrogens is 3. The zero-order valence-corrected chi connectivity index (χ0v) is 15.3. The number of nitriles is 1. The van der Waals surface area contributed by atoms with Gasteiger partial charge in [-0.2, -0.15) is 10.4 Å². The van der Waals surface area contributed by atoms with Crippen LogP contribution in [0, 0.1) is 18.3 Å². The number of nitrogens with one attached hydrogen (secondary N) is 1. The quantitative estimate of drug-likeness (QED) is 0.905. The SMILES string of the molecule is Cc1nn(C)cc1C(C)NC(=O)N1CCN(c2ccc(C#N)cn2)CC1. The fourth-order valence-electron chi connectivity index (χ4n) is 3.18. The number of pyridine rings is 1. The van der Waals surface area contributed by atoms with Gasteiger partial charge in [0.05, 0.1) is 17.3 Å². The normalized spacial score (nSPS) is 15.5. The zero-order valence-electron chi connectivity index (χ0n) is 15.3. The first-order chi connectivity index (χ1) is 12.5. The summed E-state index contributed by atoms with van der Waals surface area (Å²) in [4.78, 5) is 20.8. The number of aryl methyl sites for hydroxylation is 2. The molecule has 26 heavy (non-hydrogen) atoms. The molecule has 2 aromatic heterocycles. The number of rotatable bonds is 3. The van der Waals surface area contributed by atoms with Crippen molar-refractivity contribution in [3.8, 4) is 6.07 Å². The number of carbonyl (C=O) groups excluding carboxylic acids is 1. The zero-order chi connectivity index (χ0) is 18.7. The Morgan fingerprint density at radius 1 is 1.31 bits per heavy atom. The Balaban J connectivity index is 1.54. The average molecular weight is 353 g/mol. The summed E-state index contributed by atoms with van der Waals surface area (Å²) in [7, 11) is 1.88. The van der Waals surface area contributed by atoms with Crippen LogP contribution < -0.4 is 10.2 Å². The highest BCUT2D eigenvalue weighted by atomic mass is 16.2. The minimum atomic E-state index is -0.0885. The van der Waals surface area contributed by atoms with E-state index in [9.17, 15) is 4.79 Å². The minimum Gasteiger partial charge on any atom is -0.353 e. The second kappa shape index (κ2) is 7.44. The molecule has 2 amide bonds. The smallest absolute Gasteiger partial charge is 0.317 e. The van der Waals surface area contributed by atoms with Gasteiger partial charge in [-0.25, -0.2) is 9.78 Å². The van der Waals surface area contributed by atoms with Gasteiger partial charge >= 0.3 is 6.03 Å². The van der Waals surface area contributed by atoms with Crippen molar-refractivity contribution in [3.05, 3.63) is 41.3 Å². The summed E-state index contributed by atoms with van der Waals surface area (Å²) in [5.41, 5.74) is 2.50. The first-order valence-corrected chi connectivity index (χ1v) is 8.64. The minimum absolute atomic E-state index is 0.0619. The van der Waals surface area contributed by atoms with Crippen LogP contribution in [0.5, 0.6) is 0 Å². The molecule has 0 radical (unpaired) electrons. The van der Waals surface area contributed by atoms with Gasteiger partial charge in [0.2, 0.25) is 0 Å². The number of carbonyl (C=O) groups is 1. The van der Waals surface area contributed by atoms with Crippen LogP contribution >= 0.6 is 0 Å². The van der Waals surface area contributed by atoms with Gasteiger partial charge in [0, 0.05) is 51.2 Å². The van der Waals surface area contributed by atoms with Gasteiger partial charge in [-0.1, -0.05) is 0 Å². The molecule has 1 aliphatic heterocycles. The molecule has 1 aliphatic rings. The Kier molecular flexibility index (Phi) is 5.07. The number of hydrogen-bond acceptors (Lipinski definition) is 5. The summed E-state index contributed by atoms with van der Waals surface area (Å²) < 4.78 is 1.76. The third kappa shape index (κ3) is 3.77. The Labute approximate surface area is 153 Å². The standard InChI is InChI=1S/C18H23N7O/c1-13(16-12-23(3)22-14(16)2)21-18(26)25-8-6-24(7-9-25)17-5-4-15(10-19)11-20-17/h4-5,11-13H,6-9H2,1-3H3,(H,21,26). The summed E-state index contributed by atoms with van der Waals surface area (Å²) in [6.45, 7) is 6.61. The highest BCUT2D eigenvalue weighted by Gasteiger charge is 2.23. The van der Waals surface area contributed by atoms with Gasteiger partial charge in [0.15, 0.2) is 0 Å². The van der Waals surface area contributed by atoms with E-state index in [0.717, 1.165) is 17.1 Å². The molecule has 1 saturated heterocycles. The number of amides is 2. The van der Waals surface area contributed by atoms with Crippen LogP contribution in [-0.2, 0) is 7.05 Å². The Morgan fingerprint density at radius 2 is 2.04 bits per heavy atom. The lowest BCUT2D eigenvalue weighted by Crippen LogP contribution is -2.52. The van der Waals surface area contributed by atoms with E-state index in [1.165, 1.54) is 0 Å². The summed E-state index contributed by atoms with van der Waals surface area (Å²) in [5, 5.41) is 16.2. The van der Waals surface area contributed by atoms with Gasteiger partial charge in [0.25, 0.3) is 0 Å². The molecule has 0 bridgehead atoms. The van der Waals surface area contributed by atoms with Crippen molar-refractivity contribution in [2.75, 3.05) is 31.1 Å². The van der Waals surface area contributed by atoms with Crippen LogP contribution in [0.15, 0.2) is 24.5 Å². The van der Waals surface area contributed by atoms with Gasteiger partial charge in [-0.15, -0.1) is 0 Å². The van der Waals surface area contributed by atoms with Crippen molar-refractivity contribution in [1.82, 2.24) is 25.0 Å². The number of urea groups is 1. The fraction of sp³-hybridized carbons (Fsp3) is 0.444. The predicted octanol–water partition coefficient (Wildman–Crippen LogP) is 1.59. The predicted molar refractivity (Wildman–Crippen MR) is 97.6 cm³/mol. The van der Waals surface area contributed by atoms with E-state index < -0.39 is 0 Å². The largest absolute Gasteiger partial charge is 0.353 e. The van der Waals surface area contributed by atoms with E-state index >= 15 is 0 Å². The highest BCUT2D eigenvalue weighted by molar-refractivity contribution is 5.75. The molecule has 3 heterocycles. The topological polar surface area (TPSA) is 90.1 Å². The number of nitrogens with zero attached hydrogens (tertiary/aromatic N) is 6. The molecule has 3 rings (SSSR count). The van der Waals surface area contributed by atoms with Crippen LogP contribution in [0.2, 0.25) is 0 Å². The van der Waals surface area contributed by atoms with Crippen LogP contribution in [0.25, 0.3) is 0 Å². The van der Waals surface area contributed by atoms with Crippen molar-refractivity contribution in [2.45, 2.75) is 19.9 Å². The fourth-order valence-corrected chi connectivity index (χ4v) is 3.18. The first-order valence-electron chi connectivity index (χ1n) is 8.64. The van der Waals surface area contributed by atoms with E-state index in [1.807, 2.05) is 38.1 Å². The molecule has 0 spiro atoms. The molecule has 0 aromatic carbocycles. The van der Waals surface area contributed by atoms with Crippen molar-refractivity contribution < 1.29 is 4.79 Å². The Morgan fingerprint density at radius 3 is 2.58 bits per heavy atom. The van der Waals surface area contributed by atoms with Crippen LogP contribution in [0.3, 0.4) is 0 Å². The van der Waals surface area contributed by atoms with E-state index in [2.05, 4.69) is 26.4 Å².